The van der Waals surface area contributed by atoms with E-state index in [1.807, 2.05) is 6.92 Å². The van der Waals surface area contributed by atoms with Gasteiger partial charge in [-0.1, -0.05) is 6.92 Å². The normalized spacial score (nSPS) is 12.7. The number of rotatable bonds is 7. The SMILES string of the molecule is CCCN(CC(=N)N)S(=O)(=O)N(C)C(C)C. The van der Waals surface area contributed by atoms with Crippen molar-refractivity contribution in [1.82, 2.24) is 8.61 Å². The van der Waals surface area contributed by atoms with Gasteiger partial charge < -0.3 is 5.73 Å². The number of nitrogens with one attached hydrogen (secondary N) is 1. The molecule has 0 amide bonds. The maximum atomic E-state index is 12.1. The minimum absolute atomic E-state index is 0.0484. The number of nitrogens with two attached hydrogens (primary N) is 1. The Balaban J connectivity index is 4.96. The molecule has 7 heteroatoms. The summed E-state index contributed by atoms with van der Waals surface area (Å²) < 4.78 is 26.7. The molecule has 6 nitrogen and oxygen atoms in total. The Morgan fingerprint density at radius 3 is 2.25 bits per heavy atom. The molecular weight excluding hydrogens is 228 g/mol. The fraction of sp³-hybridized carbons (Fsp3) is 0.889. The van der Waals surface area contributed by atoms with Crippen LogP contribution in [0, 0.1) is 5.41 Å². The molecule has 0 fully saturated rings. The third-order valence-electron chi connectivity index (χ3n) is 2.24. The molecule has 0 aliphatic rings. The maximum Gasteiger partial charge on any atom is 0.282 e. The number of nitrogens with zero attached hydrogens (tertiary/aromatic N) is 2. The Bertz CT molecular complexity index is 326. The van der Waals surface area contributed by atoms with Crippen LogP contribution in [0.2, 0.25) is 0 Å². The molecule has 0 unspecified atom stereocenters. The van der Waals surface area contributed by atoms with Crippen LogP contribution in [0.3, 0.4) is 0 Å². The molecular formula is C9H22N4O2S. The summed E-state index contributed by atoms with van der Waals surface area (Å²) in [6.07, 6.45) is 0.693. The topological polar surface area (TPSA) is 90.5 Å². The van der Waals surface area contributed by atoms with Gasteiger partial charge in [0.05, 0.1) is 6.54 Å². The fourth-order valence-electron chi connectivity index (χ4n) is 1.16. The van der Waals surface area contributed by atoms with Gasteiger partial charge in [-0.25, -0.2) is 0 Å². The Labute approximate surface area is 98.1 Å². The molecule has 96 valence electrons. The molecule has 0 bridgehead atoms. The lowest BCUT2D eigenvalue weighted by Crippen LogP contribution is -2.47. The second kappa shape index (κ2) is 6.17. The lowest BCUT2D eigenvalue weighted by molar-refractivity contribution is 0.349. The molecule has 0 saturated carbocycles. The van der Waals surface area contributed by atoms with Gasteiger partial charge in [0.25, 0.3) is 10.2 Å². The maximum absolute atomic E-state index is 12.1. The number of hydrogen-bond donors (Lipinski definition) is 2. The predicted molar refractivity (Wildman–Crippen MR) is 65.6 cm³/mol. The fourth-order valence-corrected chi connectivity index (χ4v) is 2.78. The van der Waals surface area contributed by atoms with E-state index < -0.39 is 10.2 Å². The van der Waals surface area contributed by atoms with Crippen LogP contribution in [0.25, 0.3) is 0 Å². The van der Waals surface area contributed by atoms with Crippen molar-refractivity contribution in [2.24, 2.45) is 5.73 Å². The molecule has 0 saturated heterocycles. The van der Waals surface area contributed by atoms with Gasteiger partial charge in [0.15, 0.2) is 0 Å². The van der Waals surface area contributed by atoms with Crippen LogP contribution < -0.4 is 5.73 Å². The van der Waals surface area contributed by atoms with E-state index in [0.29, 0.717) is 13.0 Å². The van der Waals surface area contributed by atoms with Crippen molar-refractivity contribution < 1.29 is 8.42 Å². The van der Waals surface area contributed by atoms with E-state index >= 15 is 0 Å². The largest absolute Gasteiger partial charge is 0.387 e. The van der Waals surface area contributed by atoms with E-state index in [1.54, 1.807) is 13.8 Å². The van der Waals surface area contributed by atoms with Crippen LogP contribution in [0.5, 0.6) is 0 Å². The van der Waals surface area contributed by atoms with Crippen LogP contribution in [0.4, 0.5) is 0 Å². The van der Waals surface area contributed by atoms with Crippen molar-refractivity contribution in [1.29, 1.82) is 5.41 Å². The summed E-state index contributed by atoms with van der Waals surface area (Å²) in [4.78, 5) is 0. The third-order valence-corrected chi connectivity index (χ3v) is 4.35. The van der Waals surface area contributed by atoms with E-state index in [4.69, 9.17) is 11.1 Å². The molecule has 0 rings (SSSR count). The van der Waals surface area contributed by atoms with E-state index in [0.717, 1.165) is 0 Å². The Hall–Kier alpha value is -0.660. The van der Waals surface area contributed by atoms with Crippen LogP contribution in [0.15, 0.2) is 0 Å². The van der Waals surface area contributed by atoms with E-state index in [-0.39, 0.29) is 18.4 Å². The highest BCUT2D eigenvalue weighted by Gasteiger charge is 2.28. The molecule has 0 spiro atoms. The quantitative estimate of drug-likeness (QED) is 0.500. The number of amidine groups is 1. The second-order valence-electron chi connectivity index (χ2n) is 3.98. The van der Waals surface area contributed by atoms with Gasteiger partial charge in [-0.05, 0) is 20.3 Å². The van der Waals surface area contributed by atoms with Crippen LogP contribution in [0.1, 0.15) is 27.2 Å². The number of hydrogen-bond acceptors (Lipinski definition) is 3. The summed E-state index contributed by atoms with van der Waals surface area (Å²) in [5.41, 5.74) is 5.26. The average molecular weight is 250 g/mol. The zero-order chi connectivity index (χ0) is 12.9. The van der Waals surface area contributed by atoms with Gasteiger partial charge >= 0.3 is 0 Å². The van der Waals surface area contributed by atoms with Crippen molar-refractivity contribution in [3.05, 3.63) is 0 Å². The lowest BCUT2D eigenvalue weighted by Gasteiger charge is -2.29. The summed E-state index contributed by atoms with van der Waals surface area (Å²) in [5, 5.41) is 7.18. The van der Waals surface area contributed by atoms with Crippen molar-refractivity contribution in [3.8, 4) is 0 Å². The monoisotopic (exact) mass is 250 g/mol. The molecule has 0 radical (unpaired) electrons. The van der Waals surface area contributed by atoms with Gasteiger partial charge in [0.2, 0.25) is 0 Å². The highest BCUT2D eigenvalue weighted by molar-refractivity contribution is 7.86. The minimum atomic E-state index is -3.51. The predicted octanol–water partition coefficient (Wildman–Crippen LogP) is 0.219. The first kappa shape index (κ1) is 15.3. The molecule has 0 aromatic heterocycles. The zero-order valence-corrected chi connectivity index (χ0v) is 11.2. The van der Waals surface area contributed by atoms with Crippen molar-refractivity contribution in [2.75, 3.05) is 20.1 Å². The third kappa shape index (κ3) is 4.07. The first-order chi connectivity index (χ1) is 7.23. The Kier molecular flexibility index (Phi) is 5.91. The van der Waals surface area contributed by atoms with Crippen molar-refractivity contribution in [3.63, 3.8) is 0 Å². The molecule has 0 atom stereocenters. The van der Waals surface area contributed by atoms with Gasteiger partial charge in [-0.3, -0.25) is 5.41 Å². The van der Waals surface area contributed by atoms with Crippen molar-refractivity contribution >= 4 is 16.0 Å². The molecule has 0 aromatic carbocycles. The summed E-state index contributed by atoms with van der Waals surface area (Å²) >= 11 is 0. The van der Waals surface area contributed by atoms with Crippen LogP contribution >= 0.6 is 0 Å². The molecule has 0 aliphatic carbocycles. The van der Waals surface area contributed by atoms with Gasteiger partial charge in [-0.15, -0.1) is 0 Å². The van der Waals surface area contributed by atoms with Crippen LogP contribution in [-0.2, 0) is 10.2 Å². The smallest absolute Gasteiger partial charge is 0.282 e. The standard InChI is InChI=1S/C9H22N4O2S/c1-5-6-13(7-9(10)11)16(14,15)12(4)8(2)3/h8H,5-7H2,1-4H3,(H3,10,11). The highest BCUT2D eigenvalue weighted by Crippen LogP contribution is 2.10. The molecule has 0 heterocycles. The zero-order valence-electron chi connectivity index (χ0n) is 10.4. The molecule has 0 aromatic rings. The van der Waals surface area contributed by atoms with Crippen molar-refractivity contribution in [2.45, 2.75) is 33.2 Å². The van der Waals surface area contributed by atoms with E-state index in [1.165, 1.54) is 15.7 Å². The Morgan fingerprint density at radius 1 is 1.44 bits per heavy atom. The summed E-state index contributed by atoms with van der Waals surface area (Å²) in [6.45, 7) is 5.81. The summed E-state index contributed by atoms with van der Waals surface area (Å²) in [7, 11) is -1.98. The van der Waals surface area contributed by atoms with Gasteiger partial charge in [-0.2, -0.15) is 17.0 Å². The van der Waals surface area contributed by atoms with E-state index in [9.17, 15) is 8.42 Å². The van der Waals surface area contributed by atoms with Gasteiger partial charge in [0.1, 0.15) is 5.84 Å². The first-order valence-electron chi connectivity index (χ1n) is 5.29. The van der Waals surface area contributed by atoms with E-state index in [2.05, 4.69) is 0 Å². The minimum Gasteiger partial charge on any atom is -0.387 e. The molecule has 3 N–H and O–H groups in total. The van der Waals surface area contributed by atoms with Crippen LogP contribution in [-0.4, -0.2) is 49.0 Å². The molecule has 16 heavy (non-hydrogen) atoms. The molecule has 0 aliphatic heterocycles. The summed E-state index contributed by atoms with van der Waals surface area (Å²) in [5.74, 6) is -0.144. The Morgan fingerprint density at radius 2 is 1.94 bits per heavy atom. The second-order valence-corrected chi connectivity index (χ2v) is 5.96. The lowest BCUT2D eigenvalue weighted by atomic mass is 10.4. The highest BCUT2D eigenvalue weighted by atomic mass is 32.2. The van der Waals surface area contributed by atoms with Gasteiger partial charge in [0, 0.05) is 19.6 Å². The average Bonchev–Trinajstić information content (AvgIpc) is 2.15. The summed E-state index contributed by atoms with van der Waals surface area (Å²) in [6, 6.07) is -0.115. The first-order valence-corrected chi connectivity index (χ1v) is 6.69.